The average Bonchev–Trinajstić information content (AvgIpc) is 3.30. The van der Waals surface area contributed by atoms with Crippen LogP contribution >= 0.6 is 33.9 Å². The summed E-state index contributed by atoms with van der Waals surface area (Å²) in [5.41, 5.74) is 3.43. The standard InChI is InChI=1S/C31H25IN2O6S/c1-3-23-26(30(38)39-2)27(20-7-5-4-6-8-20)34-28(35)25(41-31(34)33-23)16-19-11-14-24(22(32)15-19)40-17-18-9-12-21(13-10-18)29(36)37/h4-16,27H,3,17H2,1-2H3,(H,36,37)/b25-16-/t27-/m1/s1. The second kappa shape index (κ2) is 12.2. The molecule has 10 heteroatoms. The van der Waals surface area contributed by atoms with Gasteiger partial charge in [0.05, 0.1) is 38.1 Å². The summed E-state index contributed by atoms with van der Waals surface area (Å²) in [6, 6.07) is 21.0. The van der Waals surface area contributed by atoms with Gasteiger partial charge in [-0.1, -0.05) is 66.8 Å². The van der Waals surface area contributed by atoms with Crippen molar-refractivity contribution in [3.05, 3.63) is 130 Å². The molecule has 1 atom stereocenters. The van der Waals surface area contributed by atoms with E-state index in [-0.39, 0.29) is 17.7 Å². The molecule has 3 aromatic carbocycles. The van der Waals surface area contributed by atoms with Crippen LogP contribution in [0.3, 0.4) is 0 Å². The first kappa shape index (κ1) is 28.5. The Kier molecular flexibility index (Phi) is 8.50. The van der Waals surface area contributed by atoms with E-state index in [4.69, 9.17) is 19.6 Å². The van der Waals surface area contributed by atoms with Crippen LogP contribution in [0.15, 0.2) is 93.9 Å². The number of fused-ring (bicyclic) bond motifs is 1. The maximum Gasteiger partial charge on any atom is 0.338 e. The van der Waals surface area contributed by atoms with Gasteiger partial charge in [0.15, 0.2) is 4.80 Å². The first-order valence-corrected chi connectivity index (χ1v) is 14.6. The Balaban J connectivity index is 1.48. The number of hydrogen-bond acceptors (Lipinski definition) is 7. The summed E-state index contributed by atoms with van der Waals surface area (Å²) in [7, 11) is 1.33. The summed E-state index contributed by atoms with van der Waals surface area (Å²) >= 11 is 3.47. The summed E-state index contributed by atoms with van der Waals surface area (Å²) in [6.45, 7) is 2.21. The van der Waals surface area contributed by atoms with Crippen LogP contribution in [0.4, 0.5) is 0 Å². The number of thiazole rings is 1. The van der Waals surface area contributed by atoms with Gasteiger partial charge in [0.2, 0.25) is 0 Å². The number of carboxylic acids is 1. The van der Waals surface area contributed by atoms with Crippen molar-refractivity contribution in [2.45, 2.75) is 26.0 Å². The fourth-order valence-electron chi connectivity index (χ4n) is 4.59. The Morgan fingerprint density at radius 1 is 1.10 bits per heavy atom. The van der Waals surface area contributed by atoms with Gasteiger partial charge in [-0.25, -0.2) is 14.6 Å². The molecule has 208 valence electrons. The molecule has 5 rings (SSSR count). The molecule has 0 bridgehead atoms. The molecular weight excluding hydrogens is 655 g/mol. The zero-order valence-electron chi connectivity index (χ0n) is 22.2. The minimum Gasteiger partial charge on any atom is -0.488 e. The third-order valence-corrected chi connectivity index (χ3v) is 8.44. The number of carboxylic acid groups (broad SMARTS) is 1. The van der Waals surface area contributed by atoms with Crippen molar-refractivity contribution in [1.82, 2.24) is 4.57 Å². The Morgan fingerprint density at radius 2 is 1.83 bits per heavy atom. The number of nitrogens with zero attached hydrogens (tertiary/aromatic N) is 2. The number of aromatic nitrogens is 1. The second-order valence-electron chi connectivity index (χ2n) is 9.18. The predicted molar refractivity (Wildman–Crippen MR) is 164 cm³/mol. The molecule has 4 aromatic rings. The van der Waals surface area contributed by atoms with Gasteiger partial charge in [0, 0.05) is 0 Å². The number of carbonyl (C=O) groups excluding carboxylic acids is 1. The van der Waals surface area contributed by atoms with Crippen molar-refractivity contribution < 1.29 is 24.2 Å². The molecule has 1 aromatic heterocycles. The molecule has 1 aliphatic rings. The van der Waals surface area contributed by atoms with Gasteiger partial charge < -0.3 is 14.6 Å². The van der Waals surface area contributed by atoms with Crippen LogP contribution in [0.5, 0.6) is 5.75 Å². The highest BCUT2D eigenvalue weighted by Crippen LogP contribution is 2.31. The average molecular weight is 681 g/mol. The molecule has 2 heterocycles. The van der Waals surface area contributed by atoms with Gasteiger partial charge in [-0.15, -0.1) is 0 Å². The van der Waals surface area contributed by atoms with Crippen molar-refractivity contribution in [3.63, 3.8) is 0 Å². The van der Waals surface area contributed by atoms with Crippen LogP contribution in [0.1, 0.15) is 46.4 Å². The van der Waals surface area contributed by atoms with Crippen molar-refractivity contribution in [2.24, 2.45) is 4.99 Å². The number of esters is 1. The lowest BCUT2D eigenvalue weighted by atomic mass is 9.95. The number of allylic oxidation sites excluding steroid dienone is 1. The molecule has 0 amide bonds. The van der Waals surface area contributed by atoms with E-state index < -0.39 is 18.0 Å². The van der Waals surface area contributed by atoms with Crippen LogP contribution in [-0.2, 0) is 16.1 Å². The van der Waals surface area contributed by atoms with Gasteiger partial charge in [0.1, 0.15) is 12.4 Å². The van der Waals surface area contributed by atoms with E-state index >= 15 is 0 Å². The maximum atomic E-state index is 13.8. The minimum atomic E-state index is -0.972. The molecular formula is C31H25IN2O6S. The predicted octanol–water partition coefficient (Wildman–Crippen LogP) is 4.68. The monoisotopic (exact) mass is 680 g/mol. The van der Waals surface area contributed by atoms with Crippen molar-refractivity contribution in [1.29, 1.82) is 0 Å². The van der Waals surface area contributed by atoms with Crippen LogP contribution in [0, 0.1) is 3.57 Å². The Bertz CT molecular complexity index is 1840. The van der Waals surface area contributed by atoms with Gasteiger partial charge >= 0.3 is 11.9 Å². The van der Waals surface area contributed by atoms with E-state index in [1.807, 2.05) is 61.5 Å². The summed E-state index contributed by atoms with van der Waals surface area (Å²) < 4.78 is 14.0. The molecule has 0 fully saturated rings. The van der Waals surface area contributed by atoms with E-state index in [1.54, 1.807) is 28.8 Å². The molecule has 1 aliphatic heterocycles. The Labute approximate surface area is 253 Å². The third kappa shape index (κ3) is 5.89. The summed E-state index contributed by atoms with van der Waals surface area (Å²) in [4.78, 5) is 43.0. The van der Waals surface area contributed by atoms with Crippen LogP contribution in [0.25, 0.3) is 6.08 Å². The Morgan fingerprint density at radius 3 is 2.46 bits per heavy atom. The third-order valence-electron chi connectivity index (χ3n) is 6.61. The molecule has 8 nitrogen and oxygen atoms in total. The number of halogens is 1. The zero-order chi connectivity index (χ0) is 29.1. The van der Waals surface area contributed by atoms with Gasteiger partial charge in [-0.3, -0.25) is 9.36 Å². The minimum absolute atomic E-state index is 0.223. The number of methoxy groups -OCH3 is 1. The summed E-state index contributed by atoms with van der Waals surface area (Å²) in [6.07, 6.45) is 2.33. The topological polar surface area (TPSA) is 107 Å². The molecule has 0 unspecified atom stereocenters. The smallest absolute Gasteiger partial charge is 0.338 e. The molecule has 41 heavy (non-hydrogen) atoms. The maximum absolute atomic E-state index is 13.8. The largest absolute Gasteiger partial charge is 0.488 e. The zero-order valence-corrected chi connectivity index (χ0v) is 25.1. The molecule has 0 radical (unpaired) electrons. The fraction of sp³-hybridized carbons (Fsp3) is 0.161. The van der Waals surface area contributed by atoms with E-state index in [1.165, 1.54) is 18.4 Å². The molecule has 0 spiro atoms. The molecule has 0 saturated carbocycles. The van der Waals surface area contributed by atoms with Gasteiger partial charge in [-0.05, 0) is 76.0 Å². The number of ether oxygens (including phenoxy) is 2. The number of benzene rings is 3. The normalized spacial score (nSPS) is 14.8. The van der Waals surface area contributed by atoms with Crippen molar-refractivity contribution in [2.75, 3.05) is 7.11 Å². The first-order chi connectivity index (χ1) is 19.8. The lowest BCUT2D eigenvalue weighted by Gasteiger charge is -2.25. The number of rotatable bonds is 8. The van der Waals surface area contributed by atoms with Crippen LogP contribution < -0.4 is 19.6 Å². The molecule has 0 saturated heterocycles. The fourth-order valence-corrected chi connectivity index (χ4v) is 6.31. The van der Waals surface area contributed by atoms with E-state index in [2.05, 4.69) is 22.6 Å². The summed E-state index contributed by atoms with van der Waals surface area (Å²) in [5, 5.41) is 9.07. The lowest BCUT2D eigenvalue weighted by molar-refractivity contribution is -0.136. The van der Waals surface area contributed by atoms with E-state index in [0.717, 1.165) is 20.3 Å². The highest BCUT2D eigenvalue weighted by Gasteiger charge is 2.33. The molecule has 0 aliphatic carbocycles. The van der Waals surface area contributed by atoms with Gasteiger partial charge in [0.25, 0.3) is 5.56 Å². The van der Waals surface area contributed by atoms with Crippen LogP contribution in [-0.4, -0.2) is 28.7 Å². The number of carbonyl (C=O) groups is 2. The van der Waals surface area contributed by atoms with Crippen LogP contribution in [0.2, 0.25) is 0 Å². The Hall–Kier alpha value is -4.03. The quantitative estimate of drug-likeness (QED) is 0.214. The van der Waals surface area contributed by atoms with E-state index in [9.17, 15) is 14.4 Å². The second-order valence-corrected chi connectivity index (χ2v) is 11.4. The highest BCUT2D eigenvalue weighted by molar-refractivity contribution is 14.1. The molecule has 1 N–H and O–H groups in total. The van der Waals surface area contributed by atoms with Crippen molar-refractivity contribution >= 4 is 51.9 Å². The highest BCUT2D eigenvalue weighted by atomic mass is 127. The van der Waals surface area contributed by atoms with Crippen molar-refractivity contribution in [3.8, 4) is 5.75 Å². The van der Waals surface area contributed by atoms with Gasteiger partial charge in [-0.2, -0.15) is 0 Å². The SMILES string of the molecule is CCC1=C(C(=O)OC)[C@@H](c2ccccc2)n2c(s/c(=C\c3ccc(OCc4ccc(C(=O)O)cc4)c(I)c3)c2=O)=N1. The lowest BCUT2D eigenvalue weighted by Crippen LogP contribution is -2.40. The first-order valence-electron chi connectivity index (χ1n) is 12.7. The summed E-state index contributed by atoms with van der Waals surface area (Å²) in [5.74, 6) is -0.803. The number of hydrogen-bond donors (Lipinski definition) is 1. The van der Waals surface area contributed by atoms with E-state index in [0.29, 0.717) is 32.8 Å². The number of aromatic carboxylic acids is 1.